The molecule has 4 rings (SSSR count). The number of carbonyl (C=O) groups is 2. The van der Waals surface area contributed by atoms with Crippen LogP contribution >= 0.6 is 0 Å². The van der Waals surface area contributed by atoms with Crippen LogP contribution in [0.15, 0.2) is 85.1 Å². The number of aromatic nitrogens is 1. The van der Waals surface area contributed by atoms with Gasteiger partial charge >= 0.3 is 6.18 Å². The molecule has 0 spiro atoms. The molecule has 5 nitrogen and oxygen atoms in total. The number of carbonyl (C=O) groups excluding carboxylic acids is 2. The van der Waals surface area contributed by atoms with Gasteiger partial charge in [-0.2, -0.15) is 13.2 Å². The van der Waals surface area contributed by atoms with Crippen LogP contribution in [0.5, 0.6) is 0 Å². The van der Waals surface area contributed by atoms with Crippen molar-refractivity contribution in [3.8, 4) is 0 Å². The van der Waals surface area contributed by atoms with E-state index in [1.165, 1.54) is 12.1 Å². The Labute approximate surface area is 226 Å². The zero-order valence-corrected chi connectivity index (χ0v) is 21.9. The van der Waals surface area contributed by atoms with Crippen molar-refractivity contribution in [3.05, 3.63) is 107 Å². The normalized spacial score (nSPS) is 11.5. The van der Waals surface area contributed by atoms with Crippen LogP contribution in [0.3, 0.4) is 0 Å². The molecule has 3 aromatic carbocycles. The van der Waals surface area contributed by atoms with Crippen molar-refractivity contribution < 1.29 is 22.8 Å². The molecule has 0 saturated heterocycles. The van der Waals surface area contributed by atoms with Gasteiger partial charge in [-0.05, 0) is 54.3 Å². The summed E-state index contributed by atoms with van der Waals surface area (Å²) in [4.78, 5) is 33.3. The number of halogens is 3. The number of benzene rings is 3. The Balaban J connectivity index is 1.55. The van der Waals surface area contributed by atoms with Gasteiger partial charge in [-0.25, -0.2) is 0 Å². The maximum atomic E-state index is 13.7. The highest BCUT2D eigenvalue weighted by molar-refractivity contribution is 5.96. The molecule has 0 unspecified atom stereocenters. The summed E-state index contributed by atoms with van der Waals surface area (Å²) in [6.07, 6.45) is -0.348. The summed E-state index contributed by atoms with van der Waals surface area (Å²) in [5.74, 6) is -0.473. The van der Waals surface area contributed by atoms with Gasteiger partial charge in [-0.3, -0.25) is 9.59 Å². The van der Waals surface area contributed by atoms with Crippen molar-refractivity contribution in [2.24, 2.45) is 0 Å². The van der Waals surface area contributed by atoms with Crippen molar-refractivity contribution >= 4 is 22.7 Å². The number of amides is 2. The fraction of sp³-hybridized carbons (Fsp3) is 0.290. The summed E-state index contributed by atoms with van der Waals surface area (Å²) in [7, 11) is 0. The monoisotopic (exact) mass is 535 g/mol. The number of hydrogen-bond donors (Lipinski definition) is 1. The zero-order chi connectivity index (χ0) is 27.8. The van der Waals surface area contributed by atoms with Gasteiger partial charge in [0.05, 0.1) is 5.56 Å². The smallest absolute Gasteiger partial charge is 0.361 e. The van der Waals surface area contributed by atoms with Gasteiger partial charge in [-0.1, -0.05) is 61.9 Å². The quantitative estimate of drug-likeness (QED) is 0.232. The summed E-state index contributed by atoms with van der Waals surface area (Å²) >= 11 is 0. The number of nitrogens with zero attached hydrogens (tertiary/aromatic N) is 2. The number of unbranched alkanes of at least 4 members (excludes halogenated alkanes) is 1. The lowest BCUT2D eigenvalue weighted by Crippen LogP contribution is -2.43. The average Bonchev–Trinajstić information content (AvgIpc) is 3.36. The number of H-pyrrole nitrogens is 1. The first-order valence-electron chi connectivity index (χ1n) is 13.1. The van der Waals surface area contributed by atoms with E-state index in [9.17, 15) is 22.8 Å². The molecule has 0 aliphatic heterocycles. The second-order valence-corrected chi connectivity index (χ2v) is 9.57. The largest absolute Gasteiger partial charge is 0.416 e. The van der Waals surface area contributed by atoms with E-state index in [1.807, 2.05) is 43.5 Å². The Morgan fingerprint density at radius 1 is 0.846 bits per heavy atom. The lowest BCUT2D eigenvalue weighted by molar-refractivity contribution is -0.137. The molecule has 0 fully saturated rings. The van der Waals surface area contributed by atoms with Crippen molar-refractivity contribution in [1.29, 1.82) is 0 Å². The fourth-order valence-electron chi connectivity index (χ4n) is 4.53. The molecule has 0 bridgehead atoms. The van der Waals surface area contributed by atoms with Crippen LogP contribution in [0.2, 0.25) is 0 Å². The second kappa shape index (κ2) is 12.7. The molecule has 4 aromatic rings. The van der Waals surface area contributed by atoms with E-state index >= 15 is 0 Å². The van der Waals surface area contributed by atoms with Gasteiger partial charge in [0.1, 0.15) is 6.54 Å². The third kappa shape index (κ3) is 7.28. The Morgan fingerprint density at radius 3 is 2.23 bits per heavy atom. The van der Waals surface area contributed by atoms with Crippen LogP contribution in [0.1, 0.15) is 46.8 Å². The summed E-state index contributed by atoms with van der Waals surface area (Å²) in [6, 6.07) is 21.6. The van der Waals surface area contributed by atoms with Gasteiger partial charge in [0.2, 0.25) is 5.91 Å². The van der Waals surface area contributed by atoms with Gasteiger partial charge in [0, 0.05) is 42.3 Å². The number of rotatable bonds is 11. The number of fused-ring (bicyclic) bond motifs is 1. The third-order valence-electron chi connectivity index (χ3n) is 6.75. The number of alkyl halides is 3. The second-order valence-electron chi connectivity index (χ2n) is 9.57. The van der Waals surface area contributed by atoms with Gasteiger partial charge in [0.25, 0.3) is 5.91 Å². The molecular formula is C31H32F3N3O2. The summed E-state index contributed by atoms with van der Waals surface area (Å²) < 4.78 is 39.2. The summed E-state index contributed by atoms with van der Waals surface area (Å²) in [5, 5.41) is 1.06. The molecule has 0 aliphatic carbocycles. The van der Waals surface area contributed by atoms with Gasteiger partial charge in [0.15, 0.2) is 0 Å². The molecule has 204 valence electrons. The zero-order valence-electron chi connectivity index (χ0n) is 21.9. The molecule has 39 heavy (non-hydrogen) atoms. The minimum absolute atomic E-state index is 0.109. The van der Waals surface area contributed by atoms with Gasteiger partial charge in [-0.15, -0.1) is 0 Å². The standard InChI is InChI=1S/C31H32F3N3O2/c1-2-3-18-37(30(39)24-9-5-4-6-10-24)22-29(38)36(21-23-13-15-26(16-14-23)31(32,33)34)19-17-25-20-35-28-12-8-7-11-27(25)28/h4-16,20,35H,2-3,17-19,21-22H2,1H3. The maximum Gasteiger partial charge on any atom is 0.416 e. The molecule has 1 aromatic heterocycles. The Kier molecular flexibility index (Phi) is 9.07. The SMILES string of the molecule is CCCCN(CC(=O)N(CCc1c[nH]c2ccccc12)Cc1ccc(C(F)(F)F)cc1)C(=O)c1ccccc1. The molecule has 8 heteroatoms. The van der Waals surface area contributed by atoms with E-state index in [-0.39, 0.29) is 24.9 Å². The molecular weight excluding hydrogens is 503 g/mol. The summed E-state index contributed by atoms with van der Waals surface area (Å²) in [6.45, 7) is 2.84. The van der Waals surface area contributed by atoms with E-state index in [0.717, 1.165) is 41.4 Å². The van der Waals surface area contributed by atoms with Crippen LogP contribution < -0.4 is 0 Å². The van der Waals surface area contributed by atoms with Crippen molar-refractivity contribution in [1.82, 2.24) is 14.8 Å². The highest BCUT2D eigenvalue weighted by Crippen LogP contribution is 2.29. The van der Waals surface area contributed by atoms with E-state index in [4.69, 9.17) is 0 Å². The lowest BCUT2D eigenvalue weighted by atomic mass is 10.1. The van der Waals surface area contributed by atoms with E-state index < -0.39 is 11.7 Å². The van der Waals surface area contributed by atoms with Crippen LogP contribution in [0.25, 0.3) is 10.9 Å². The predicted molar refractivity (Wildman–Crippen MR) is 146 cm³/mol. The summed E-state index contributed by atoms with van der Waals surface area (Å²) in [5.41, 5.74) is 2.40. The number of para-hydroxylation sites is 1. The van der Waals surface area contributed by atoms with E-state index in [0.29, 0.717) is 30.6 Å². The van der Waals surface area contributed by atoms with Crippen molar-refractivity contribution in [3.63, 3.8) is 0 Å². The Hall–Kier alpha value is -4.07. The fourth-order valence-corrected chi connectivity index (χ4v) is 4.53. The molecule has 1 heterocycles. The maximum absolute atomic E-state index is 13.7. The predicted octanol–water partition coefficient (Wildman–Crippen LogP) is 6.70. The highest BCUT2D eigenvalue weighted by Gasteiger charge is 2.30. The molecule has 0 aliphatic rings. The molecule has 2 amide bonds. The molecule has 0 radical (unpaired) electrons. The van der Waals surface area contributed by atoms with Gasteiger partial charge < -0.3 is 14.8 Å². The number of nitrogens with one attached hydrogen (secondary N) is 1. The first-order valence-corrected chi connectivity index (χ1v) is 13.1. The van der Waals surface area contributed by atoms with Crippen LogP contribution in [-0.2, 0) is 23.9 Å². The minimum Gasteiger partial charge on any atom is -0.361 e. The average molecular weight is 536 g/mol. The highest BCUT2D eigenvalue weighted by atomic mass is 19.4. The Morgan fingerprint density at radius 2 is 1.54 bits per heavy atom. The van der Waals surface area contributed by atoms with Crippen LogP contribution in [0, 0.1) is 0 Å². The van der Waals surface area contributed by atoms with E-state index in [1.54, 1.807) is 34.1 Å². The minimum atomic E-state index is -4.43. The van der Waals surface area contributed by atoms with Crippen molar-refractivity contribution in [2.75, 3.05) is 19.6 Å². The molecule has 0 saturated carbocycles. The Bertz CT molecular complexity index is 1380. The molecule has 0 atom stereocenters. The number of aromatic amines is 1. The van der Waals surface area contributed by atoms with Crippen LogP contribution in [0.4, 0.5) is 13.2 Å². The molecule has 1 N–H and O–H groups in total. The topological polar surface area (TPSA) is 56.4 Å². The van der Waals surface area contributed by atoms with Crippen molar-refractivity contribution in [2.45, 2.75) is 38.9 Å². The van der Waals surface area contributed by atoms with E-state index in [2.05, 4.69) is 4.98 Å². The van der Waals surface area contributed by atoms with Crippen LogP contribution in [-0.4, -0.2) is 46.2 Å². The lowest BCUT2D eigenvalue weighted by Gasteiger charge is -2.28. The third-order valence-corrected chi connectivity index (χ3v) is 6.75. The first kappa shape index (κ1) is 28.0. The number of hydrogen-bond acceptors (Lipinski definition) is 2. The first-order chi connectivity index (χ1) is 18.8.